The molecule has 0 saturated carbocycles. The van der Waals surface area contributed by atoms with Gasteiger partial charge in [-0.1, -0.05) is 48.9 Å². The summed E-state index contributed by atoms with van der Waals surface area (Å²) in [5.41, 5.74) is 8.53. The van der Waals surface area contributed by atoms with Gasteiger partial charge in [-0.25, -0.2) is 9.78 Å². The molecule has 6 nitrogen and oxygen atoms in total. The van der Waals surface area contributed by atoms with Crippen molar-refractivity contribution in [1.29, 1.82) is 0 Å². The number of benzene rings is 2. The Hall–Kier alpha value is -3.32. The van der Waals surface area contributed by atoms with Crippen molar-refractivity contribution in [3.05, 3.63) is 82.9 Å². The lowest BCUT2D eigenvalue weighted by Gasteiger charge is -2.09. The summed E-state index contributed by atoms with van der Waals surface area (Å²) in [6, 6.07) is 16.4. The summed E-state index contributed by atoms with van der Waals surface area (Å²) in [4.78, 5) is 22.5. The number of nitrogens with one attached hydrogen (secondary N) is 2. The molecule has 2 amide bonds. The van der Waals surface area contributed by atoms with Crippen molar-refractivity contribution in [2.24, 2.45) is 0 Å². The fraction of sp³-hybridized carbons (Fsp3) is 0.269. The van der Waals surface area contributed by atoms with E-state index in [9.17, 15) is 4.79 Å². The minimum absolute atomic E-state index is 0.185. The van der Waals surface area contributed by atoms with Gasteiger partial charge in [0.1, 0.15) is 0 Å². The van der Waals surface area contributed by atoms with Gasteiger partial charge in [0.15, 0.2) is 5.65 Å². The Balaban J connectivity index is 1.37. The zero-order valence-corrected chi connectivity index (χ0v) is 20.3. The number of hydrogen-bond acceptors (Lipinski definition) is 4. The van der Waals surface area contributed by atoms with Crippen LogP contribution in [0.3, 0.4) is 0 Å². The van der Waals surface area contributed by atoms with Crippen LogP contribution in [0.1, 0.15) is 35.1 Å². The molecule has 0 aliphatic carbocycles. The van der Waals surface area contributed by atoms with E-state index in [1.54, 1.807) is 0 Å². The van der Waals surface area contributed by atoms with Crippen LogP contribution in [0.5, 0.6) is 0 Å². The number of aryl methyl sites for hydroxylation is 4. The zero-order chi connectivity index (χ0) is 23.4. The molecular weight excluding hydrogens is 430 g/mol. The van der Waals surface area contributed by atoms with Crippen LogP contribution in [0.2, 0.25) is 0 Å². The highest BCUT2D eigenvalue weighted by Crippen LogP contribution is 2.27. The van der Waals surface area contributed by atoms with Gasteiger partial charge in [-0.2, -0.15) is 0 Å². The molecule has 2 N–H and O–H groups in total. The van der Waals surface area contributed by atoms with Crippen molar-refractivity contribution in [1.82, 2.24) is 24.4 Å². The van der Waals surface area contributed by atoms with Crippen LogP contribution in [0.4, 0.5) is 4.79 Å². The molecule has 0 aliphatic rings. The van der Waals surface area contributed by atoms with Crippen LogP contribution in [0, 0.1) is 20.8 Å². The third kappa shape index (κ3) is 5.37. The Morgan fingerprint density at radius 3 is 2.42 bits per heavy atom. The van der Waals surface area contributed by atoms with E-state index in [4.69, 9.17) is 4.98 Å². The van der Waals surface area contributed by atoms with Gasteiger partial charge in [-0.3, -0.25) is 14.1 Å². The molecule has 0 aliphatic heterocycles. The van der Waals surface area contributed by atoms with Crippen molar-refractivity contribution in [3.8, 4) is 11.3 Å². The van der Waals surface area contributed by atoms with Gasteiger partial charge >= 0.3 is 6.03 Å². The summed E-state index contributed by atoms with van der Waals surface area (Å²) in [5, 5.41) is 2.92. The second-order valence-corrected chi connectivity index (χ2v) is 9.02. The molecule has 4 aromatic rings. The summed E-state index contributed by atoms with van der Waals surface area (Å²) in [5.74, 6) is 0. The number of aromatic nitrogens is 3. The lowest BCUT2D eigenvalue weighted by atomic mass is 10.0. The molecule has 0 unspecified atom stereocenters. The van der Waals surface area contributed by atoms with E-state index in [1.165, 1.54) is 23.1 Å². The molecule has 7 heteroatoms. The minimum atomic E-state index is -0.185. The fourth-order valence-electron chi connectivity index (χ4n) is 3.84. The second-order valence-electron chi connectivity index (χ2n) is 8.14. The van der Waals surface area contributed by atoms with Crippen molar-refractivity contribution in [3.63, 3.8) is 0 Å². The highest BCUT2D eigenvalue weighted by Gasteiger charge is 2.15. The van der Waals surface area contributed by atoms with Crippen LogP contribution in [-0.4, -0.2) is 26.9 Å². The number of imidazole rings is 1. The van der Waals surface area contributed by atoms with Gasteiger partial charge < -0.3 is 5.32 Å². The average molecular weight is 460 g/mol. The Kier molecular flexibility index (Phi) is 6.99. The molecule has 33 heavy (non-hydrogen) atoms. The largest absolute Gasteiger partial charge is 0.337 e. The first kappa shape index (κ1) is 22.9. The van der Waals surface area contributed by atoms with E-state index in [1.807, 2.05) is 45.0 Å². The summed E-state index contributed by atoms with van der Waals surface area (Å²) in [6.45, 7) is 8.75. The summed E-state index contributed by atoms with van der Waals surface area (Å²) < 4.78 is 4.98. The SMILES string of the molecule is CCc1nc2c(C)nc(C)cn2c1-c1ccc(CCNC(=O)NSc2ccc(C)cc2)cc1. The number of carbonyl (C=O) groups excluding carboxylic acids is 1. The standard InChI is InChI=1S/C26H29N5OS/c1-5-23-24(31-16-18(3)28-19(4)25(31)29-23)21-10-8-20(9-11-21)14-15-27-26(32)30-33-22-12-6-17(2)7-13-22/h6-13,16H,5,14-15H2,1-4H3,(H2,27,30,32). The third-order valence-electron chi connectivity index (χ3n) is 5.51. The molecule has 0 spiro atoms. The summed E-state index contributed by atoms with van der Waals surface area (Å²) in [6.07, 6.45) is 3.67. The molecule has 0 fully saturated rings. The number of fused-ring (bicyclic) bond motifs is 1. The monoisotopic (exact) mass is 459 g/mol. The summed E-state index contributed by atoms with van der Waals surface area (Å²) >= 11 is 1.32. The highest BCUT2D eigenvalue weighted by atomic mass is 32.2. The fourth-order valence-corrected chi connectivity index (χ4v) is 4.40. The Labute approximate surface area is 199 Å². The van der Waals surface area contributed by atoms with Gasteiger partial charge in [0.05, 0.1) is 22.8 Å². The lowest BCUT2D eigenvalue weighted by Crippen LogP contribution is -2.32. The maximum Gasteiger partial charge on any atom is 0.325 e. The quantitative estimate of drug-likeness (QED) is 0.361. The Morgan fingerprint density at radius 1 is 1.00 bits per heavy atom. The van der Waals surface area contributed by atoms with E-state index in [0.29, 0.717) is 6.54 Å². The minimum Gasteiger partial charge on any atom is -0.337 e. The first-order valence-electron chi connectivity index (χ1n) is 11.2. The number of carbonyl (C=O) groups is 1. The topological polar surface area (TPSA) is 71.3 Å². The smallest absolute Gasteiger partial charge is 0.325 e. The number of hydrogen-bond donors (Lipinski definition) is 2. The number of urea groups is 1. The van der Waals surface area contributed by atoms with E-state index in [-0.39, 0.29) is 6.03 Å². The van der Waals surface area contributed by atoms with E-state index in [0.717, 1.165) is 51.7 Å². The van der Waals surface area contributed by atoms with E-state index >= 15 is 0 Å². The zero-order valence-electron chi connectivity index (χ0n) is 19.5. The Morgan fingerprint density at radius 2 is 1.73 bits per heavy atom. The molecule has 0 bridgehead atoms. The molecule has 2 aromatic heterocycles. The van der Waals surface area contributed by atoms with Crippen molar-refractivity contribution >= 4 is 23.6 Å². The van der Waals surface area contributed by atoms with Gasteiger partial charge in [0.2, 0.25) is 0 Å². The van der Waals surface area contributed by atoms with Crippen LogP contribution >= 0.6 is 11.9 Å². The van der Waals surface area contributed by atoms with Crippen molar-refractivity contribution < 1.29 is 4.79 Å². The van der Waals surface area contributed by atoms with Gasteiger partial charge in [0, 0.05) is 23.2 Å². The predicted octanol–water partition coefficient (Wildman–Crippen LogP) is 5.43. The van der Waals surface area contributed by atoms with E-state index < -0.39 is 0 Å². The van der Waals surface area contributed by atoms with Crippen molar-refractivity contribution in [2.75, 3.05) is 6.54 Å². The first-order chi connectivity index (χ1) is 15.9. The lowest BCUT2D eigenvalue weighted by molar-refractivity contribution is 0.246. The molecule has 4 rings (SSSR count). The highest BCUT2D eigenvalue weighted by molar-refractivity contribution is 7.98. The first-order valence-corrected chi connectivity index (χ1v) is 12.0. The molecule has 0 saturated heterocycles. The molecule has 2 heterocycles. The predicted molar refractivity (Wildman–Crippen MR) is 135 cm³/mol. The molecular formula is C26H29N5OS. The number of nitrogens with zero attached hydrogens (tertiary/aromatic N) is 3. The second kappa shape index (κ2) is 10.1. The van der Waals surface area contributed by atoms with Gasteiger partial charge in [-0.05, 0) is 63.3 Å². The third-order valence-corrected chi connectivity index (χ3v) is 6.31. The average Bonchev–Trinajstić information content (AvgIpc) is 3.18. The number of rotatable bonds is 7. The maximum atomic E-state index is 12.1. The van der Waals surface area contributed by atoms with E-state index in [2.05, 4.69) is 56.8 Å². The van der Waals surface area contributed by atoms with Crippen LogP contribution in [0.25, 0.3) is 16.9 Å². The van der Waals surface area contributed by atoms with Crippen molar-refractivity contribution in [2.45, 2.75) is 45.4 Å². The summed E-state index contributed by atoms with van der Waals surface area (Å²) in [7, 11) is 0. The number of amides is 2. The maximum absolute atomic E-state index is 12.1. The molecule has 2 aromatic carbocycles. The van der Waals surface area contributed by atoms with Gasteiger partial charge in [-0.15, -0.1) is 0 Å². The molecule has 0 atom stereocenters. The van der Waals surface area contributed by atoms with Gasteiger partial charge in [0.25, 0.3) is 0 Å². The normalized spacial score (nSPS) is 11.0. The van der Waals surface area contributed by atoms with Crippen LogP contribution < -0.4 is 10.0 Å². The van der Waals surface area contributed by atoms with Crippen LogP contribution in [-0.2, 0) is 12.8 Å². The van der Waals surface area contributed by atoms with Crippen LogP contribution in [0.15, 0.2) is 59.6 Å². The Bertz CT molecular complexity index is 1260. The molecule has 0 radical (unpaired) electrons. The molecule has 170 valence electrons.